The van der Waals surface area contributed by atoms with Gasteiger partial charge in [0.05, 0.1) is 17.1 Å². The Labute approximate surface area is 139 Å². The number of benzene rings is 1. The highest BCUT2D eigenvalue weighted by Gasteiger charge is 2.36. The lowest BCUT2D eigenvalue weighted by Crippen LogP contribution is -2.33. The van der Waals surface area contributed by atoms with Gasteiger partial charge < -0.3 is 10.5 Å². The van der Waals surface area contributed by atoms with Crippen LogP contribution in [0.1, 0.15) is 12.5 Å². The molecule has 2 rings (SSSR count). The fraction of sp³-hybridized carbons (Fsp3) is 0.214. The third kappa shape index (κ3) is 3.42. The maximum absolute atomic E-state index is 12.8. The van der Waals surface area contributed by atoms with Crippen molar-refractivity contribution in [3.05, 3.63) is 57.2 Å². The first-order valence-corrected chi connectivity index (χ1v) is 6.85. The van der Waals surface area contributed by atoms with Crippen molar-refractivity contribution in [3.8, 4) is 6.07 Å². The molecule has 3 N–H and O–H groups in total. The molecule has 11 heteroatoms. The molecule has 0 saturated heterocycles. The van der Waals surface area contributed by atoms with E-state index in [1.165, 1.54) is 0 Å². The van der Waals surface area contributed by atoms with E-state index < -0.39 is 22.4 Å². The van der Waals surface area contributed by atoms with E-state index in [2.05, 4.69) is 5.43 Å². The highest BCUT2D eigenvalue weighted by Crippen LogP contribution is 2.39. The van der Waals surface area contributed by atoms with Gasteiger partial charge in [0, 0.05) is 6.07 Å². The average molecular weight is 355 g/mol. The molecule has 1 aromatic carbocycles. The maximum Gasteiger partial charge on any atom is 0.416 e. The lowest BCUT2D eigenvalue weighted by molar-refractivity contribution is -0.384. The van der Waals surface area contributed by atoms with Crippen LogP contribution in [0, 0.1) is 21.4 Å². The fourth-order valence-electron chi connectivity index (χ4n) is 2.10. The molecule has 1 aromatic rings. The van der Waals surface area contributed by atoms with Crippen molar-refractivity contribution in [2.45, 2.75) is 13.1 Å². The van der Waals surface area contributed by atoms with Gasteiger partial charge in [-0.2, -0.15) is 18.4 Å². The van der Waals surface area contributed by atoms with Crippen LogP contribution < -0.4 is 16.2 Å². The highest BCUT2D eigenvalue weighted by atomic mass is 19.4. The van der Waals surface area contributed by atoms with Crippen molar-refractivity contribution in [2.75, 3.05) is 11.6 Å². The summed E-state index contributed by atoms with van der Waals surface area (Å²) >= 11 is 0. The Morgan fingerprint density at radius 3 is 2.72 bits per heavy atom. The van der Waals surface area contributed by atoms with Crippen LogP contribution in [-0.2, 0) is 10.9 Å². The molecule has 1 aliphatic rings. The smallest absolute Gasteiger partial charge is 0.416 e. The van der Waals surface area contributed by atoms with Gasteiger partial charge >= 0.3 is 6.18 Å². The number of allylic oxidation sites excluding steroid dienone is 1. The number of nitrogens with two attached hydrogens (primary N) is 1. The van der Waals surface area contributed by atoms with E-state index in [0.29, 0.717) is 12.1 Å². The number of alkyl halides is 3. The van der Waals surface area contributed by atoms with Crippen molar-refractivity contribution in [2.24, 2.45) is 5.73 Å². The molecule has 0 radical (unpaired) electrons. The van der Waals surface area contributed by atoms with Crippen molar-refractivity contribution in [1.29, 1.82) is 5.26 Å². The second-order valence-corrected chi connectivity index (χ2v) is 4.76. The zero-order valence-electron chi connectivity index (χ0n) is 12.8. The minimum absolute atomic E-state index is 0.0460. The third-order valence-corrected chi connectivity index (χ3v) is 3.21. The molecule has 0 amide bonds. The molecule has 1 aliphatic heterocycles. The Kier molecular flexibility index (Phi) is 4.73. The molecular weight excluding hydrogens is 343 g/mol. The predicted octanol–water partition coefficient (Wildman–Crippen LogP) is 2.51. The molecule has 0 aliphatic carbocycles. The first-order valence-electron chi connectivity index (χ1n) is 6.85. The summed E-state index contributed by atoms with van der Waals surface area (Å²) in [6, 6.07) is 3.84. The second kappa shape index (κ2) is 6.60. The number of nitrogens with one attached hydrogen (secondary N) is 1. The number of hydrogen-bond donors (Lipinski definition) is 2. The van der Waals surface area contributed by atoms with Crippen LogP contribution in [0.15, 0.2) is 41.6 Å². The number of nitro groups is 1. The standard InChI is InChI=1S/C14H12F3N5O3/c1-2-25-7-12-9(6-18)13(19)20-21(12)10-4-3-8(14(15,16)17)5-11(10)22(23)24/h3-5,7,20H,2,19H2,1H3. The van der Waals surface area contributed by atoms with Crippen LogP contribution in [0.25, 0.3) is 0 Å². The summed E-state index contributed by atoms with van der Waals surface area (Å²) in [4.78, 5) is 10.3. The minimum atomic E-state index is -4.74. The Morgan fingerprint density at radius 2 is 2.20 bits per heavy atom. The van der Waals surface area contributed by atoms with Crippen LogP contribution in [0.4, 0.5) is 24.5 Å². The van der Waals surface area contributed by atoms with E-state index in [0.717, 1.165) is 17.3 Å². The van der Waals surface area contributed by atoms with Gasteiger partial charge in [-0.15, -0.1) is 0 Å². The van der Waals surface area contributed by atoms with E-state index in [1.54, 1.807) is 6.92 Å². The molecule has 132 valence electrons. The molecule has 25 heavy (non-hydrogen) atoms. The molecule has 0 spiro atoms. The average Bonchev–Trinajstić information content (AvgIpc) is 2.86. The number of nitriles is 1. The lowest BCUT2D eigenvalue weighted by Gasteiger charge is -2.21. The summed E-state index contributed by atoms with van der Waals surface area (Å²) in [5.74, 6) is -0.109. The quantitative estimate of drug-likeness (QED) is 0.484. The number of nitrogens with zero attached hydrogens (tertiary/aromatic N) is 3. The molecule has 0 unspecified atom stereocenters. The number of halogens is 3. The van der Waals surface area contributed by atoms with E-state index in [9.17, 15) is 23.3 Å². The Morgan fingerprint density at radius 1 is 1.52 bits per heavy atom. The predicted molar refractivity (Wildman–Crippen MR) is 80.2 cm³/mol. The summed E-state index contributed by atoms with van der Waals surface area (Å²) in [6.07, 6.45) is -3.59. The monoisotopic (exact) mass is 355 g/mol. The number of ether oxygens (including phenoxy) is 1. The van der Waals surface area contributed by atoms with Crippen molar-refractivity contribution < 1.29 is 22.8 Å². The molecular formula is C14H12F3N5O3. The normalized spacial score (nSPS) is 16.0. The van der Waals surface area contributed by atoms with E-state index in [1.807, 2.05) is 6.07 Å². The van der Waals surface area contributed by atoms with E-state index in [4.69, 9.17) is 15.7 Å². The third-order valence-electron chi connectivity index (χ3n) is 3.21. The van der Waals surface area contributed by atoms with Gasteiger partial charge in [0.15, 0.2) is 0 Å². The van der Waals surface area contributed by atoms with Gasteiger partial charge in [-0.1, -0.05) is 0 Å². The Bertz CT molecular complexity index is 811. The summed E-state index contributed by atoms with van der Waals surface area (Å²) in [5, 5.41) is 21.4. The van der Waals surface area contributed by atoms with Gasteiger partial charge in [0.1, 0.15) is 35.1 Å². The largest absolute Gasteiger partial charge is 0.499 e. The molecule has 0 bridgehead atoms. The van der Waals surface area contributed by atoms with Crippen LogP contribution in [0.5, 0.6) is 0 Å². The zero-order chi connectivity index (χ0) is 18.8. The van der Waals surface area contributed by atoms with Gasteiger partial charge in [0.2, 0.25) is 0 Å². The minimum Gasteiger partial charge on any atom is -0.499 e. The topological polar surface area (TPSA) is 117 Å². The van der Waals surface area contributed by atoms with Crippen LogP contribution in [-0.4, -0.2) is 11.5 Å². The molecule has 8 nitrogen and oxygen atoms in total. The highest BCUT2D eigenvalue weighted by molar-refractivity contribution is 5.72. The van der Waals surface area contributed by atoms with E-state index >= 15 is 0 Å². The molecule has 0 fully saturated rings. The molecule has 0 atom stereocenters. The van der Waals surface area contributed by atoms with Crippen molar-refractivity contribution in [1.82, 2.24) is 5.43 Å². The van der Waals surface area contributed by atoms with Crippen LogP contribution in [0.2, 0.25) is 0 Å². The van der Waals surface area contributed by atoms with Gasteiger partial charge in [-0.3, -0.25) is 15.5 Å². The summed E-state index contributed by atoms with van der Waals surface area (Å²) in [7, 11) is 0. The number of rotatable bonds is 4. The van der Waals surface area contributed by atoms with Crippen LogP contribution >= 0.6 is 0 Å². The van der Waals surface area contributed by atoms with Crippen LogP contribution in [0.3, 0.4) is 0 Å². The Hall–Kier alpha value is -3.42. The summed E-state index contributed by atoms with van der Waals surface area (Å²) in [5.41, 5.74) is 5.97. The number of hydrazine groups is 1. The zero-order valence-corrected chi connectivity index (χ0v) is 12.8. The first-order chi connectivity index (χ1) is 11.7. The molecule has 0 saturated carbocycles. The summed E-state index contributed by atoms with van der Waals surface area (Å²) < 4.78 is 43.5. The summed E-state index contributed by atoms with van der Waals surface area (Å²) in [6.45, 7) is 1.91. The number of nitro benzene ring substituents is 1. The lowest BCUT2D eigenvalue weighted by atomic mass is 10.1. The molecule has 0 aromatic heterocycles. The van der Waals surface area contributed by atoms with Gasteiger partial charge in [-0.25, -0.2) is 5.01 Å². The van der Waals surface area contributed by atoms with Crippen molar-refractivity contribution >= 4 is 11.4 Å². The van der Waals surface area contributed by atoms with Gasteiger partial charge in [0.25, 0.3) is 5.69 Å². The van der Waals surface area contributed by atoms with E-state index in [-0.39, 0.29) is 29.4 Å². The second-order valence-electron chi connectivity index (χ2n) is 4.76. The number of hydrogen-bond acceptors (Lipinski definition) is 7. The van der Waals surface area contributed by atoms with Gasteiger partial charge in [-0.05, 0) is 19.1 Å². The Balaban J connectivity index is 2.58. The number of anilines is 1. The fourth-order valence-corrected chi connectivity index (χ4v) is 2.10. The molecule has 1 heterocycles. The SMILES string of the molecule is CCOC=C1C(C#N)=C(N)NN1c1ccc(C(F)(F)F)cc1[N+](=O)[O-]. The first kappa shape index (κ1) is 17.9. The van der Waals surface area contributed by atoms with Crippen molar-refractivity contribution in [3.63, 3.8) is 0 Å². The maximum atomic E-state index is 12.8.